The highest BCUT2D eigenvalue weighted by molar-refractivity contribution is 7.89. The van der Waals surface area contributed by atoms with Crippen molar-refractivity contribution in [2.24, 2.45) is 0 Å². The molecule has 1 aliphatic rings. The van der Waals surface area contributed by atoms with Crippen LogP contribution < -0.4 is 10.2 Å². The summed E-state index contributed by atoms with van der Waals surface area (Å²) in [4.78, 5) is 25.8. The highest BCUT2D eigenvalue weighted by Gasteiger charge is 2.25. The Hall–Kier alpha value is -2.49. The van der Waals surface area contributed by atoms with Crippen molar-refractivity contribution in [3.8, 4) is 0 Å². The zero-order chi connectivity index (χ0) is 21.2. The lowest BCUT2D eigenvalue weighted by Gasteiger charge is -2.19. The molecule has 1 fully saturated rings. The van der Waals surface area contributed by atoms with Crippen LogP contribution in [0.1, 0.15) is 12.8 Å². The number of carbonyl (C=O) groups is 2. The molecular weight excluding hydrogens is 421 g/mol. The second kappa shape index (κ2) is 8.48. The van der Waals surface area contributed by atoms with Gasteiger partial charge in [0.2, 0.25) is 21.8 Å². The van der Waals surface area contributed by atoms with Crippen molar-refractivity contribution in [3.63, 3.8) is 0 Å². The zero-order valence-electron chi connectivity index (χ0n) is 15.6. The fourth-order valence-electron chi connectivity index (χ4n) is 2.96. The largest absolute Gasteiger partial charge is 0.324 e. The van der Waals surface area contributed by atoms with Crippen LogP contribution in [0.15, 0.2) is 47.4 Å². The third kappa shape index (κ3) is 4.75. The molecule has 0 aromatic heterocycles. The molecular formula is C19H19ClFN3O4S. The Morgan fingerprint density at radius 3 is 2.55 bits per heavy atom. The van der Waals surface area contributed by atoms with Crippen LogP contribution in [0.5, 0.6) is 0 Å². The lowest BCUT2D eigenvalue weighted by Crippen LogP contribution is -2.35. The predicted molar refractivity (Wildman–Crippen MR) is 108 cm³/mol. The third-order valence-electron chi connectivity index (χ3n) is 4.50. The van der Waals surface area contributed by atoms with E-state index >= 15 is 0 Å². The van der Waals surface area contributed by atoms with Gasteiger partial charge in [-0.1, -0.05) is 11.6 Å². The van der Waals surface area contributed by atoms with Gasteiger partial charge in [-0.25, -0.2) is 12.8 Å². The van der Waals surface area contributed by atoms with Crippen molar-refractivity contribution < 1.29 is 22.4 Å². The summed E-state index contributed by atoms with van der Waals surface area (Å²) in [6.45, 7) is 0.120. The van der Waals surface area contributed by atoms with Gasteiger partial charge in [0.1, 0.15) is 5.82 Å². The van der Waals surface area contributed by atoms with Crippen LogP contribution >= 0.6 is 11.6 Å². The van der Waals surface area contributed by atoms with Crippen molar-refractivity contribution >= 4 is 44.8 Å². The summed E-state index contributed by atoms with van der Waals surface area (Å²) in [5.74, 6) is -1.17. The summed E-state index contributed by atoms with van der Waals surface area (Å²) >= 11 is 6.14. The highest BCUT2D eigenvalue weighted by atomic mass is 35.5. The normalized spacial score (nSPS) is 14.5. The molecule has 2 aromatic carbocycles. The first-order valence-corrected chi connectivity index (χ1v) is 10.6. The smallest absolute Gasteiger partial charge is 0.243 e. The minimum absolute atomic E-state index is 0.00489. The van der Waals surface area contributed by atoms with Crippen LogP contribution in [0.25, 0.3) is 0 Å². The second-order valence-corrected chi connectivity index (χ2v) is 9.03. The molecule has 1 N–H and O–H groups in total. The van der Waals surface area contributed by atoms with Gasteiger partial charge >= 0.3 is 0 Å². The Kier molecular flexibility index (Phi) is 6.21. The number of hydrogen-bond acceptors (Lipinski definition) is 4. The Morgan fingerprint density at radius 1 is 1.24 bits per heavy atom. The van der Waals surface area contributed by atoms with Gasteiger partial charge in [0.25, 0.3) is 0 Å². The van der Waals surface area contributed by atoms with Crippen molar-refractivity contribution in [2.75, 3.05) is 30.4 Å². The van der Waals surface area contributed by atoms with Gasteiger partial charge in [-0.2, -0.15) is 4.31 Å². The number of sulfonamides is 1. The standard InChI is InChI=1S/C19H19ClFN3O4S/c1-23(29(27,28)15-7-4-13(21)5-8-15)12-18(25)22-17-11-14(6-9-16(17)20)24-10-2-3-19(24)26/h4-9,11H,2-3,10,12H2,1H3,(H,22,25). The first-order chi connectivity index (χ1) is 13.7. The molecule has 2 amide bonds. The molecule has 7 nitrogen and oxygen atoms in total. The van der Waals surface area contributed by atoms with Crippen LogP contribution in [-0.4, -0.2) is 44.7 Å². The number of nitrogens with one attached hydrogen (secondary N) is 1. The minimum atomic E-state index is -3.96. The highest BCUT2D eigenvalue weighted by Crippen LogP contribution is 2.30. The molecule has 0 atom stereocenters. The molecule has 1 saturated heterocycles. The van der Waals surface area contributed by atoms with Gasteiger partial charge in [0.15, 0.2) is 0 Å². The summed E-state index contributed by atoms with van der Waals surface area (Å²) < 4.78 is 38.9. The Bertz CT molecular complexity index is 1040. The maximum absolute atomic E-state index is 13.0. The summed E-state index contributed by atoms with van der Waals surface area (Å²) in [7, 11) is -2.71. The Labute approximate surface area is 173 Å². The van der Waals surface area contributed by atoms with Gasteiger partial charge in [0, 0.05) is 25.7 Å². The average molecular weight is 440 g/mol. The molecule has 0 bridgehead atoms. The minimum Gasteiger partial charge on any atom is -0.324 e. The van der Waals surface area contributed by atoms with Crippen molar-refractivity contribution in [1.82, 2.24) is 4.31 Å². The van der Waals surface area contributed by atoms with Gasteiger partial charge in [-0.3, -0.25) is 9.59 Å². The summed E-state index contributed by atoms with van der Waals surface area (Å²) in [5.41, 5.74) is 0.890. The molecule has 154 valence electrons. The topological polar surface area (TPSA) is 86.8 Å². The number of hydrogen-bond donors (Lipinski definition) is 1. The summed E-state index contributed by atoms with van der Waals surface area (Å²) in [5, 5.41) is 2.84. The second-order valence-electron chi connectivity index (χ2n) is 6.58. The van der Waals surface area contributed by atoms with E-state index in [1.54, 1.807) is 23.1 Å². The lowest BCUT2D eigenvalue weighted by atomic mass is 10.2. The number of anilines is 2. The molecule has 2 aromatic rings. The third-order valence-corrected chi connectivity index (χ3v) is 6.64. The Morgan fingerprint density at radius 2 is 1.93 bits per heavy atom. The van der Waals surface area contributed by atoms with Crippen molar-refractivity contribution in [2.45, 2.75) is 17.7 Å². The van der Waals surface area contributed by atoms with E-state index in [-0.39, 0.29) is 21.5 Å². The van der Waals surface area contributed by atoms with Crippen LogP contribution in [0.3, 0.4) is 0 Å². The van der Waals surface area contributed by atoms with Gasteiger partial charge in [0.05, 0.1) is 22.2 Å². The molecule has 1 heterocycles. The van der Waals surface area contributed by atoms with E-state index < -0.39 is 28.3 Å². The van der Waals surface area contributed by atoms with E-state index in [1.807, 2.05) is 0 Å². The van der Waals surface area contributed by atoms with Crippen LogP contribution in [0.4, 0.5) is 15.8 Å². The molecule has 10 heteroatoms. The van der Waals surface area contributed by atoms with Crippen LogP contribution in [0, 0.1) is 5.82 Å². The van der Waals surface area contributed by atoms with Crippen LogP contribution in [0.2, 0.25) is 5.02 Å². The SMILES string of the molecule is CN(CC(=O)Nc1cc(N2CCCC2=O)ccc1Cl)S(=O)(=O)c1ccc(F)cc1. The molecule has 0 saturated carbocycles. The fourth-order valence-corrected chi connectivity index (χ4v) is 4.25. The maximum atomic E-state index is 13.0. The predicted octanol–water partition coefficient (Wildman–Crippen LogP) is 2.87. The molecule has 1 aliphatic heterocycles. The fraction of sp³-hybridized carbons (Fsp3) is 0.263. The van der Waals surface area contributed by atoms with E-state index in [0.717, 1.165) is 35.0 Å². The molecule has 0 radical (unpaired) electrons. The van der Waals surface area contributed by atoms with E-state index in [9.17, 15) is 22.4 Å². The number of rotatable bonds is 6. The molecule has 0 aliphatic carbocycles. The summed E-state index contributed by atoms with van der Waals surface area (Å²) in [6, 6.07) is 9.16. The lowest BCUT2D eigenvalue weighted by molar-refractivity contribution is -0.117. The average Bonchev–Trinajstić information content (AvgIpc) is 3.09. The maximum Gasteiger partial charge on any atom is 0.243 e. The number of nitrogens with zero attached hydrogens (tertiary/aromatic N) is 2. The van der Waals surface area contributed by atoms with Crippen molar-refractivity contribution in [1.29, 1.82) is 0 Å². The number of amides is 2. The number of likely N-dealkylation sites (N-methyl/N-ethyl adjacent to an activating group) is 1. The van der Waals surface area contributed by atoms with Crippen molar-refractivity contribution in [3.05, 3.63) is 53.3 Å². The quantitative estimate of drug-likeness (QED) is 0.749. The molecule has 3 rings (SSSR count). The van der Waals surface area contributed by atoms with Gasteiger partial charge < -0.3 is 10.2 Å². The summed E-state index contributed by atoms with van der Waals surface area (Å²) in [6.07, 6.45) is 1.23. The molecule has 0 unspecified atom stereocenters. The van der Waals surface area contributed by atoms with E-state index in [2.05, 4.69) is 5.32 Å². The molecule has 29 heavy (non-hydrogen) atoms. The number of benzene rings is 2. The monoisotopic (exact) mass is 439 g/mol. The number of carbonyl (C=O) groups excluding carboxylic acids is 2. The van der Waals surface area contributed by atoms with Gasteiger partial charge in [-0.05, 0) is 48.9 Å². The van der Waals surface area contributed by atoms with Gasteiger partial charge in [-0.15, -0.1) is 0 Å². The Balaban J connectivity index is 1.71. The van der Waals surface area contributed by atoms with E-state index in [1.165, 1.54) is 7.05 Å². The molecule has 0 spiro atoms. The zero-order valence-corrected chi connectivity index (χ0v) is 17.1. The number of halogens is 2. The van der Waals surface area contributed by atoms with E-state index in [4.69, 9.17) is 11.6 Å². The van der Waals surface area contributed by atoms with Crippen LogP contribution in [-0.2, 0) is 19.6 Å². The first-order valence-electron chi connectivity index (χ1n) is 8.80. The first kappa shape index (κ1) is 21.2. The van der Waals surface area contributed by atoms with E-state index in [0.29, 0.717) is 18.7 Å².